The molecule has 0 aliphatic carbocycles. The van der Waals surface area contributed by atoms with E-state index in [9.17, 15) is 4.79 Å². The van der Waals surface area contributed by atoms with E-state index in [1.807, 2.05) is 30.5 Å². The number of hydrogen-bond acceptors (Lipinski definition) is 4. The zero-order chi connectivity index (χ0) is 20.8. The number of rotatable bonds is 6. The summed E-state index contributed by atoms with van der Waals surface area (Å²) in [4.78, 5) is 19.6. The molecule has 1 fully saturated rings. The maximum Gasteiger partial charge on any atom is 0.252 e. The molecule has 1 aliphatic rings. The molecule has 2 aromatic heterocycles. The first kappa shape index (κ1) is 20.6. The van der Waals surface area contributed by atoms with Crippen molar-refractivity contribution in [3.05, 3.63) is 77.2 Å². The van der Waals surface area contributed by atoms with Crippen molar-refractivity contribution in [1.82, 2.24) is 25.0 Å². The molecule has 7 heteroatoms. The van der Waals surface area contributed by atoms with Gasteiger partial charge in [-0.15, -0.1) is 0 Å². The summed E-state index contributed by atoms with van der Waals surface area (Å²) in [6.45, 7) is 2.54. The molecule has 1 amide bonds. The van der Waals surface area contributed by atoms with E-state index in [1.54, 1.807) is 29.2 Å². The summed E-state index contributed by atoms with van der Waals surface area (Å²) in [5.74, 6) is 0.538. The minimum absolute atomic E-state index is 0.0528. The number of benzene rings is 1. The first-order valence-corrected chi connectivity index (χ1v) is 10.8. The van der Waals surface area contributed by atoms with Gasteiger partial charge < -0.3 is 5.32 Å². The Morgan fingerprint density at radius 1 is 1.07 bits per heavy atom. The molecule has 0 spiro atoms. The molecule has 0 bridgehead atoms. The summed E-state index contributed by atoms with van der Waals surface area (Å²) >= 11 is 6.52. The van der Waals surface area contributed by atoms with Crippen LogP contribution in [0.5, 0.6) is 0 Å². The number of carbonyl (C=O) groups excluding carboxylic acids is 1. The van der Waals surface area contributed by atoms with Crippen LogP contribution in [0.3, 0.4) is 0 Å². The van der Waals surface area contributed by atoms with Gasteiger partial charge in [-0.1, -0.05) is 42.6 Å². The largest absolute Gasteiger partial charge is 0.350 e. The molecule has 0 unspecified atom stereocenters. The summed E-state index contributed by atoms with van der Waals surface area (Å²) < 4.78 is 1.66. The van der Waals surface area contributed by atoms with Crippen LogP contribution in [-0.2, 0) is 0 Å². The van der Waals surface area contributed by atoms with E-state index in [0.717, 1.165) is 23.7 Å². The second-order valence-electron chi connectivity index (χ2n) is 7.55. The maximum atomic E-state index is 12.8. The van der Waals surface area contributed by atoms with Crippen molar-refractivity contribution >= 4 is 17.5 Å². The van der Waals surface area contributed by atoms with Gasteiger partial charge in [0, 0.05) is 30.2 Å². The van der Waals surface area contributed by atoms with E-state index in [0.29, 0.717) is 17.9 Å². The molecule has 6 nitrogen and oxygen atoms in total. The third-order valence-corrected chi connectivity index (χ3v) is 5.90. The Morgan fingerprint density at radius 3 is 2.53 bits per heavy atom. The van der Waals surface area contributed by atoms with Crippen molar-refractivity contribution in [2.75, 3.05) is 19.6 Å². The smallest absolute Gasteiger partial charge is 0.252 e. The highest BCUT2D eigenvalue weighted by molar-refractivity contribution is 6.31. The van der Waals surface area contributed by atoms with Crippen molar-refractivity contribution < 1.29 is 4.79 Å². The maximum absolute atomic E-state index is 12.8. The summed E-state index contributed by atoms with van der Waals surface area (Å²) in [6, 6.07) is 13.4. The number of amides is 1. The summed E-state index contributed by atoms with van der Waals surface area (Å²) in [5, 5.41) is 7.99. The van der Waals surface area contributed by atoms with E-state index in [2.05, 4.69) is 26.4 Å². The van der Waals surface area contributed by atoms with Crippen molar-refractivity contribution in [3.63, 3.8) is 0 Å². The second kappa shape index (κ2) is 9.87. The van der Waals surface area contributed by atoms with Crippen LogP contribution in [0.1, 0.15) is 47.6 Å². The van der Waals surface area contributed by atoms with Gasteiger partial charge in [-0.25, -0.2) is 9.67 Å². The predicted molar refractivity (Wildman–Crippen MR) is 118 cm³/mol. The van der Waals surface area contributed by atoms with E-state index >= 15 is 0 Å². The second-order valence-corrected chi connectivity index (χ2v) is 7.96. The zero-order valence-corrected chi connectivity index (χ0v) is 17.6. The van der Waals surface area contributed by atoms with Gasteiger partial charge in [-0.05, 0) is 55.8 Å². The molecule has 0 radical (unpaired) electrons. The van der Waals surface area contributed by atoms with Crippen molar-refractivity contribution in [1.29, 1.82) is 0 Å². The lowest BCUT2D eigenvalue weighted by Crippen LogP contribution is -2.38. The Labute approximate surface area is 181 Å². The zero-order valence-electron chi connectivity index (χ0n) is 16.9. The first-order chi connectivity index (χ1) is 14.7. The highest BCUT2D eigenvalue weighted by Gasteiger charge is 2.24. The molecule has 30 heavy (non-hydrogen) atoms. The van der Waals surface area contributed by atoms with E-state index in [1.165, 1.54) is 25.7 Å². The first-order valence-electron chi connectivity index (χ1n) is 10.4. The van der Waals surface area contributed by atoms with Gasteiger partial charge in [0.15, 0.2) is 5.82 Å². The quantitative estimate of drug-likeness (QED) is 0.643. The molecule has 1 saturated heterocycles. The van der Waals surface area contributed by atoms with Crippen molar-refractivity contribution in [2.24, 2.45) is 0 Å². The number of aromatic nitrogens is 3. The van der Waals surface area contributed by atoms with Gasteiger partial charge in [-0.2, -0.15) is 5.10 Å². The summed E-state index contributed by atoms with van der Waals surface area (Å²) in [7, 11) is 0. The van der Waals surface area contributed by atoms with E-state index in [-0.39, 0.29) is 11.9 Å². The molecular weight excluding hydrogens is 398 g/mol. The van der Waals surface area contributed by atoms with Crippen LogP contribution < -0.4 is 5.32 Å². The average Bonchev–Trinajstić information content (AvgIpc) is 3.18. The fourth-order valence-corrected chi connectivity index (χ4v) is 4.20. The molecule has 1 aromatic carbocycles. The van der Waals surface area contributed by atoms with Crippen molar-refractivity contribution in [2.45, 2.75) is 31.7 Å². The van der Waals surface area contributed by atoms with Crippen LogP contribution >= 0.6 is 11.6 Å². The van der Waals surface area contributed by atoms with Crippen LogP contribution in [0, 0.1) is 0 Å². The number of hydrogen-bond donors (Lipinski definition) is 1. The summed E-state index contributed by atoms with van der Waals surface area (Å²) in [5.41, 5.74) is 1.59. The molecule has 3 heterocycles. The van der Waals surface area contributed by atoms with E-state index in [4.69, 9.17) is 11.6 Å². The monoisotopic (exact) mass is 423 g/mol. The molecule has 1 N–H and O–H groups in total. The number of likely N-dealkylation sites (tertiary alicyclic amines) is 1. The SMILES string of the molecule is O=C(NC[C@H](c1ccccc1Cl)N1CCCCCC1)c1ccc(-n2cccn2)nc1. The Bertz CT molecular complexity index is 950. The Morgan fingerprint density at radius 2 is 1.87 bits per heavy atom. The molecule has 0 saturated carbocycles. The molecule has 1 aliphatic heterocycles. The number of nitrogens with one attached hydrogen (secondary N) is 1. The Balaban J connectivity index is 1.47. The lowest BCUT2D eigenvalue weighted by molar-refractivity contribution is 0.0933. The van der Waals surface area contributed by atoms with Crippen LogP contribution in [0.15, 0.2) is 61.1 Å². The van der Waals surface area contributed by atoms with Gasteiger partial charge in [0.25, 0.3) is 5.91 Å². The van der Waals surface area contributed by atoms with Crippen LogP contribution in [0.4, 0.5) is 0 Å². The molecule has 1 atom stereocenters. The average molecular weight is 424 g/mol. The minimum Gasteiger partial charge on any atom is -0.350 e. The van der Waals surface area contributed by atoms with E-state index < -0.39 is 0 Å². The Kier molecular flexibility index (Phi) is 6.77. The van der Waals surface area contributed by atoms with Gasteiger partial charge >= 0.3 is 0 Å². The third-order valence-electron chi connectivity index (χ3n) is 5.55. The molecule has 4 rings (SSSR count). The van der Waals surface area contributed by atoms with Crippen LogP contribution in [0.2, 0.25) is 5.02 Å². The lowest BCUT2D eigenvalue weighted by atomic mass is 10.0. The molecular formula is C23H26ClN5O. The number of halogens is 1. The fourth-order valence-electron chi connectivity index (χ4n) is 3.94. The van der Waals surface area contributed by atoms with Gasteiger partial charge in [0.1, 0.15) is 0 Å². The minimum atomic E-state index is -0.138. The lowest BCUT2D eigenvalue weighted by Gasteiger charge is -2.31. The summed E-state index contributed by atoms with van der Waals surface area (Å²) in [6.07, 6.45) is 9.96. The standard InChI is InChI=1S/C23H26ClN5O/c24-20-9-4-3-8-19(20)21(28-13-5-1-2-6-14-28)17-26-23(30)18-10-11-22(25-16-18)29-15-7-12-27-29/h3-4,7-12,15-16,21H,1-2,5-6,13-14,17H2,(H,26,30)/t21-/m1/s1. The normalized spacial score (nSPS) is 16.0. The predicted octanol–water partition coefficient (Wildman–Crippen LogP) is 4.27. The van der Waals surface area contributed by atoms with Crippen LogP contribution in [-0.4, -0.2) is 45.2 Å². The van der Waals surface area contributed by atoms with Gasteiger partial charge in [0.05, 0.1) is 11.6 Å². The number of carbonyl (C=O) groups is 1. The van der Waals surface area contributed by atoms with Crippen LogP contribution in [0.25, 0.3) is 5.82 Å². The third kappa shape index (κ3) is 4.89. The molecule has 3 aromatic rings. The van der Waals surface area contributed by atoms with Gasteiger partial charge in [-0.3, -0.25) is 9.69 Å². The number of nitrogens with zero attached hydrogens (tertiary/aromatic N) is 4. The fraction of sp³-hybridized carbons (Fsp3) is 0.348. The molecule has 156 valence electrons. The highest BCUT2D eigenvalue weighted by atomic mass is 35.5. The number of pyridine rings is 1. The highest BCUT2D eigenvalue weighted by Crippen LogP contribution is 2.29. The Hall–Kier alpha value is -2.70. The topological polar surface area (TPSA) is 63.1 Å². The van der Waals surface area contributed by atoms with Gasteiger partial charge in [0.2, 0.25) is 0 Å². The van der Waals surface area contributed by atoms with Crippen molar-refractivity contribution in [3.8, 4) is 5.82 Å².